The van der Waals surface area contributed by atoms with Crippen molar-refractivity contribution in [3.8, 4) is 0 Å². The molecule has 1 rings (SSSR count). The maximum atomic E-state index is 5.90. The summed E-state index contributed by atoms with van der Waals surface area (Å²) in [7, 11) is 0. The molecule has 0 spiro atoms. The Hall–Kier alpha value is 0.0800. The van der Waals surface area contributed by atoms with Gasteiger partial charge in [-0.05, 0) is 23.3 Å². The van der Waals surface area contributed by atoms with E-state index in [9.17, 15) is 0 Å². The summed E-state index contributed by atoms with van der Waals surface area (Å²) in [5.74, 6) is 1.03. The molecule has 0 atom stereocenters. The lowest BCUT2D eigenvalue weighted by Gasteiger charge is -1.91. The molecule has 0 unspecified atom stereocenters. The van der Waals surface area contributed by atoms with Crippen molar-refractivity contribution in [1.82, 2.24) is 0 Å². The summed E-state index contributed by atoms with van der Waals surface area (Å²) in [6.45, 7) is 2.09. The fourth-order valence-electron chi connectivity index (χ4n) is 0.665. The van der Waals surface area contributed by atoms with E-state index in [-0.39, 0.29) is 0 Å². The van der Waals surface area contributed by atoms with Gasteiger partial charge in [0.05, 0.1) is 4.36 Å². The highest BCUT2D eigenvalue weighted by molar-refractivity contribution is 8.04. The summed E-state index contributed by atoms with van der Waals surface area (Å²) in [6.07, 6.45) is 2.00. The molecule has 0 bridgehead atoms. The third-order valence-electron chi connectivity index (χ3n) is 1.08. The van der Waals surface area contributed by atoms with E-state index in [0.29, 0.717) is 0 Å². The Bertz CT molecular complexity index is 226. The number of thiophene rings is 1. The van der Waals surface area contributed by atoms with E-state index in [1.54, 1.807) is 23.1 Å². The molecule has 1 heterocycles. The number of halogens is 1. The molecule has 0 aliphatic heterocycles. The van der Waals surface area contributed by atoms with Gasteiger partial charge in [-0.1, -0.05) is 24.6 Å². The topological polar surface area (TPSA) is 0 Å². The average Bonchev–Trinajstić information content (AvgIpc) is 2.40. The van der Waals surface area contributed by atoms with Crippen LogP contribution in [0.2, 0.25) is 0 Å². The minimum atomic E-state index is 0.870. The molecule has 0 N–H and O–H groups in total. The van der Waals surface area contributed by atoms with Crippen LogP contribution in [0, 0.1) is 0 Å². The van der Waals surface area contributed by atoms with Gasteiger partial charge in [0, 0.05) is 4.88 Å². The van der Waals surface area contributed by atoms with Crippen LogP contribution in [0.25, 0.3) is 6.08 Å². The second kappa shape index (κ2) is 4.86. The van der Waals surface area contributed by atoms with Gasteiger partial charge in [0.1, 0.15) is 0 Å². The van der Waals surface area contributed by atoms with Gasteiger partial charge >= 0.3 is 0 Å². The lowest BCUT2D eigenvalue weighted by Crippen LogP contribution is -1.65. The zero-order valence-electron chi connectivity index (χ0n) is 6.21. The first-order valence-corrected chi connectivity index (χ1v) is 5.60. The molecule has 0 saturated heterocycles. The Morgan fingerprint density at radius 2 is 2.64 bits per heavy atom. The minimum absolute atomic E-state index is 0.870. The maximum Gasteiger partial charge on any atom is 0.0748 e. The first-order valence-electron chi connectivity index (χ1n) is 3.36. The molecule has 0 fully saturated rings. The average molecular weight is 205 g/mol. The molecule has 0 amide bonds. The Morgan fingerprint density at radius 3 is 3.18 bits per heavy atom. The molecule has 0 aliphatic rings. The van der Waals surface area contributed by atoms with Crippen LogP contribution in [0.1, 0.15) is 11.8 Å². The van der Waals surface area contributed by atoms with E-state index >= 15 is 0 Å². The standard InChI is InChI=1S/C8H9ClS2/c1-2-10-8(9)6-7-4-3-5-11-7/h3-6H,2H2,1H3/b8-6-. The molecular weight excluding hydrogens is 196 g/mol. The van der Waals surface area contributed by atoms with Gasteiger partial charge in [0.2, 0.25) is 0 Å². The minimum Gasteiger partial charge on any atom is -0.144 e. The molecule has 0 saturated carbocycles. The van der Waals surface area contributed by atoms with Gasteiger partial charge < -0.3 is 0 Å². The predicted octanol–water partition coefficient (Wildman–Crippen LogP) is 4.04. The Kier molecular flexibility index (Phi) is 4.05. The van der Waals surface area contributed by atoms with Crippen LogP contribution in [-0.4, -0.2) is 5.75 Å². The van der Waals surface area contributed by atoms with Crippen LogP contribution in [0.4, 0.5) is 0 Å². The molecule has 0 radical (unpaired) electrons. The van der Waals surface area contributed by atoms with Gasteiger partial charge in [0.15, 0.2) is 0 Å². The summed E-state index contributed by atoms with van der Waals surface area (Å²) >= 11 is 9.27. The van der Waals surface area contributed by atoms with Gasteiger partial charge in [-0.25, -0.2) is 0 Å². The van der Waals surface area contributed by atoms with E-state index in [0.717, 1.165) is 10.1 Å². The third kappa shape index (κ3) is 3.32. The normalized spacial score (nSPS) is 12.0. The molecule has 11 heavy (non-hydrogen) atoms. The van der Waals surface area contributed by atoms with E-state index in [1.165, 1.54) is 4.88 Å². The summed E-state index contributed by atoms with van der Waals surface area (Å²) in [5, 5.41) is 2.05. The van der Waals surface area contributed by atoms with Crippen LogP contribution in [0.3, 0.4) is 0 Å². The largest absolute Gasteiger partial charge is 0.144 e. The highest BCUT2D eigenvalue weighted by Gasteiger charge is 1.92. The Labute approximate surface area is 80.3 Å². The second-order valence-electron chi connectivity index (χ2n) is 1.90. The molecule has 0 aliphatic carbocycles. The van der Waals surface area contributed by atoms with E-state index in [1.807, 2.05) is 17.5 Å². The van der Waals surface area contributed by atoms with E-state index < -0.39 is 0 Å². The SMILES string of the molecule is CCS/C(Cl)=C\c1cccs1. The number of rotatable bonds is 3. The van der Waals surface area contributed by atoms with Crippen molar-refractivity contribution in [2.24, 2.45) is 0 Å². The van der Waals surface area contributed by atoms with Crippen LogP contribution in [-0.2, 0) is 0 Å². The zero-order chi connectivity index (χ0) is 8.10. The van der Waals surface area contributed by atoms with Gasteiger partial charge in [-0.15, -0.1) is 23.1 Å². The van der Waals surface area contributed by atoms with Crippen molar-refractivity contribution >= 4 is 40.8 Å². The van der Waals surface area contributed by atoms with Crippen LogP contribution in [0.15, 0.2) is 21.9 Å². The van der Waals surface area contributed by atoms with Crippen molar-refractivity contribution in [2.75, 3.05) is 5.75 Å². The fraction of sp³-hybridized carbons (Fsp3) is 0.250. The fourth-order valence-corrected chi connectivity index (χ4v) is 2.39. The summed E-state index contributed by atoms with van der Waals surface area (Å²) in [5.41, 5.74) is 0. The van der Waals surface area contributed by atoms with Crippen molar-refractivity contribution in [3.63, 3.8) is 0 Å². The van der Waals surface area contributed by atoms with Crippen molar-refractivity contribution in [2.45, 2.75) is 6.92 Å². The molecule has 60 valence electrons. The van der Waals surface area contributed by atoms with Crippen LogP contribution in [0.5, 0.6) is 0 Å². The summed E-state index contributed by atoms with van der Waals surface area (Å²) < 4.78 is 0.870. The van der Waals surface area contributed by atoms with Gasteiger partial charge in [-0.3, -0.25) is 0 Å². The summed E-state index contributed by atoms with van der Waals surface area (Å²) in [6, 6.07) is 4.08. The molecule has 0 aromatic carbocycles. The number of hydrogen-bond donors (Lipinski definition) is 0. The molecule has 1 aromatic heterocycles. The highest BCUT2D eigenvalue weighted by Crippen LogP contribution is 2.24. The molecule has 1 aromatic rings. The first-order chi connectivity index (χ1) is 5.33. The number of hydrogen-bond acceptors (Lipinski definition) is 2. The maximum absolute atomic E-state index is 5.90. The number of thioether (sulfide) groups is 1. The van der Waals surface area contributed by atoms with Gasteiger partial charge in [0.25, 0.3) is 0 Å². The lowest BCUT2D eigenvalue weighted by atomic mass is 10.5. The van der Waals surface area contributed by atoms with Crippen LogP contribution < -0.4 is 0 Å². The Morgan fingerprint density at radius 1 is 1.82 bits per heavy atom. The third-order valence-corrected chi connectivity index (χ3v) is 3.02. The van der Waals surface area contributed by atoms with Crippen molar-refractivity contribution in [1.29, 1.82) is 0 Å². The molecule has 0 nitrogen and oxygen atoms in total. The predicted molar refractivity (Wildman–Crippen MR) is 56.3 cm³/mol. The zero-order valence-corrected chi connectivity index (χ0v) is 8.60. The van der Waals surface area contributed by atoms with E-state index in [4.69, 9.17) is 11.6 Å². The summed E-state index contributed by atoms with van der Waals surface area (Å²) in [4.78, 5) is 1.22. The highest BCUT2D eigenvalue weighted by atomic mass is 35.5. The van der Waals surface area contributed by atoms with Crippen molar-refractivity contribution < 1.29 is 0 Å². The van der Waals surface area contributed by atoms with Crippen molar-refractivity contribution in [3.05, 3.63) is 26.8 Å². The molecular formula is C8H9ClS2. The van der Waals surface area contributed by atoms with Crippen LogP contribution >= 0.6 is 34.7 Å². The quantitative estimate of drug-likeness (QED) is 0.716. The first kappa shape index (κ1) is 9.17. The van der Waals surface area contributed by atoms with Gasteiger partial charge in [-0.2, -0.15) is 0 Å². The molecule has 3 heteroatoms. The van der Waals surface area contributed by atoms with E-state index in [2.05, 4.69) is 13.0 Å². The lowest BCUT2D eigenvalue weighted by molar-refractivity contribution is 1.53. The monoisotopic (exact) mass is 204 g/mol. The smallest absolute Gasteiger partial charge is 0.0748 e. The Balaban J connectivity index is 2.58. The second-order valence-corrected chi connectivity index (χ2v) is 4.81.